The lowest BCUT2D eigenvalue weighted by atomic mass is 10.3. The minimum atomic E-state index is -3.57. The Labute approximate surface area is 118 Å². The zero-order chi connectivity index (χ0) is 15.0. The number of ether oxygens (including phenoxy) is 2. The molecule has 0 unspecified atom stereocenters. The van der Waals surface area contributed by atoms with E-state index in [-0.39, 0.29) is 25.5 Å². The topological polar surface area (TPSA) is 108 Å². The van der Waals surface area contributed by atoms with Gasteiger partial charge in [0.2, 0.25) is 10.0 Å². The fraction of sp³-hybridized carbons (Fsp3) is 0.417. The number of carbonyl (C=O) groups is 1. The molecule has 0 heterocycles. The van der Waals surface area contributed by atoms with Gasteiger partial charge in [0.25, 0.3) is 0 Å². The fourth-order valence-corrected chi connectivity index (χ4v) is 2.07. The molecule has 7 nitrogen and oxygen atoms in total. The number of rotatable bonds is 8. The van der Waals surface area contributed by atoms with Crippen molar-refractivity contribution < 1.29 is 22.7 Å². The van der Waals surface area contributed by atoms with E-state index in [1.807, 2.05) is 0 Å². The number of hydrogen-bond donors (Lipinski definition) is 2. The molecule has 112 valence electrons. The van der Waals surface area contributed by atoms with Gasteiger partial charge >= 0.3 is 5.97 Å². The Morgan fingerprint density at radius 1 is 1.30 bits per heavy atom. The van der Waals surface area contributed by atoms with Gasteiger partial charge in [-0.1, -0.05) is 0 Å². The van der Waals surface area contributed by atoms with E-state index in [2.05, 4.69) is 9.46 Å². The third-order valence-electron chi connectivity index (χ3n) is 2.24. The standard InChI is InChI=1S/C12H18N2O5S/c1-2-18-12(15)9-14-20(16,17)8-7-19-11-5-3-10(13)4-6-11/h3-6,14H,2,7-9,13H2,1H3. The Bertz CT molecular complexity index is 527. The molecule has 0 aromatic heterocycles. The van der Waals surface area contributed by atoms with E-state index in [1.165, 1.54) is 0 Å². The maximum atomic E-state index is 11.6. The number of hydrogen-bond acceptors (Lipinski definition) is 6. The number of benzene rings is 1. The molecule has 0 amide bonds. The summed E-state index contributed by atoms with van der Waals surface area (Å²) in [6.45, 7) is 1.45. The van der Waals surface area contributed by atoms with Crippen LogP contribution < -0.4 is 15.2 Å². The zero-order valence-electron chi connectivity index (χ0n) is 11.2. The first-order valence-electron chi connectivity index (χ1n) is 6.04. The molecular formula is C12H18N2O5S. The van der Waals surface area contributed by atoms with Gasteiger partial charge in [0, 0.05) is 5.69 Å². The van der Waals surface area contributed by atoms with Gasteiger partial charge in [-0.2, -0.15) is 0 Å². The van der Waals surface area contributed by atoms with E-state index in [9.17, 15) is 13.2 Å². The molecule has 0 aliphatic heterocycles. The normalized spacial score (nSPS) is 11.1. The van der Waals surface area contributed by atoms with Crippen molar-refractivity contribution in [1.29, 1.82) is 0 Å². The summed E-state index contributed by atoms with van der Waals surface area (Å²) in [6, 6.07) is 6.60. The highest BCUT2D eigenvalue weighted by Gasteiger charge is 2.13. The third kappa shape index (κ3) is 6.39. The first-order chi connectivity index (χ1) is 9.43. The second-order valence-corrected chi connectivity index (χ2v) is 5.79. The van der Waals surface area contributed by atoms with Gasteiger partial charge in [0.05, 0.1) is 12.4 Å². The van der Waals surface area contributed by atoms with Gasteiger partial charge in [-0.15, -0.1) is 0 Å². The van der Waals surface area contributed by atoms with E-state index in [1.54, 1.807) is 31.2 Å². The Hall–Kier alpha value is -1.80. The van der Waals surface area contributed by atoms with Gasteiger partial charge < -0.3 is 15.2 Å². The summed E-state index contributed by atoms with van der Waals surface area (Å²) in [7, 11) is -3.57. The lowest BCUT2D eigenvalue weighted by molar-refractivity contribution is -0.141. The summed E-state index contributed by atoms with van der Waals surface area (Å²) >= 11 is 0. The number of carbonyl (C=O) groups excluding carboxylic acids is 1. The van der Waals surface area contributed by atoms with Crippen molar-refractivity contribution in [3.8, 4) is 5.75 Å². The molecule has 1 rings (SSSR count). The van der Waals surface area contributed by atoms with Gasteiger partial charge in [0.15, 0.2) is 0 Å². The average Bonchev–Trinajstić information content (AvgIpc) is 2.39. The number of nitrogen functional groups attached to an aromatic ring is 1. The molecule has 1 aromatic rings. The van der Waals surface area contributed by atoms with Crippen LogP contribution in [-0.2, 0) is 19.6 Å². The molecule has 0 bridgehead atoms. The number of esters is 1. The first-order valence-corrected chi connectivity index (χ1v) is 7.69. The van der Waals surface area contributed by atoms with Crippen molar-refractivity contribution >= 4 is 21.7 Å². The molecule has 0 aliphatic rings. The van der Waals surface area contributed by atoms with Crippen molar-refractivity contribution in [2.24, 2.45) is 0 Å². The highest BCUT2D eigenvalue weighted by molar-refractivity contribution is 7.89. The Kier molecular flexibility index (Phi) is 6.26. The number of anilines is 1. The molecule has 0 saturated heterocycles. The third-order valence-corrected chi connectivity index (χ3v) is 3.53. The minimum Gasteiger partial charge on any atom is -0.492 e. The van der Waals surface area contributed by atoms with Crippen LogP contribution in [0.5, 0.6) is 5.75 Å². The van der Waals surface area contributed by atoms with Gasteiger partial charge in [0.1, 0.15) is 18.9 Å². The van der Waals surface area contributed by atoms with Crippen LogP contribution in [0.25, 0.3) is 0 Å². The van der Waals surface area contributed by atoms with Gasteiger partial charge in [-0.3, -0.25) is 4.79 Å². The largest absolute Gasteiger partial charge is 0.492 e. The Morgan fingerprint density at radius 3 is 2.55 bits per heavy atom. The van der Waals surface area contributed by atoms with Crippen molar-refractivity contribution in [1.82, 2.24) is 4.72 Å². The highest BCUT2D eigenvalue weighted by Crippen LogP contribution is 2.12. The predicted molar refractivity (Wildman–Crippen MR) is 74.8 cm³/mol. The number of sulfonamides is 1. The van der Waals surface area contributed by atoms with Crippen molar-refractivity contribution in [3.05, 3.63) is 24.3 Å². The maximum Gasteiger partial charge on any atom is 0.320 e. The molecule has 1 aromatic carbocycles. The molecule has 20 heavy (non-hydrogen) atoms. The van der Waals surface area contributed by atoms with Crippen molar-refractivity contribution in [2.75, 3.05) is 31.2 Å². The molecule has 0 aliphatic carbocycles. The molecular weight excluding hydrogens is 284 g/mol. The summed E-state index contributed by atoms with van der Waals surface area (Å²) in [4.78, 5) is 11.0. The van der Waals surface area contributed by atoms with Crippen LogP contribution in [0.15, 0.2) is 24.3 Å². The van der Waals surface area contributed by atoms with Crippen LogP contribution in [0.2, 0.25) is 0 Å². The van der Waals surface area contributed by atoms with Crippen LogP contribution >= 0.6 is 0 Å². The summed E-state index contributed by atoms with van der Waals surface area (Å²) < 4.78 is 35.1. The summed E-state index contributed by atoms with van der Waals surface area (Å²) in [5.74, 6) is -0.341. The van der Waals surface area contributed by atoms with E-state index in [0.29, 0.717) is 11.4 Å². The summed E-state index contributed by atoms with van der Waals surface area (Å²) in [6.07, 6.45) is 0. The monoisotopic (exact) mass is 302 g/mol. The Balaban J connectivity index is 2.32. The van der Waals surface area contributed by atoms with Crippen LogP contribution in [0.4, 0.5) is 5.69 Å². The van der Waals surface area contributed by atoms with Crippen LogP contribution in [0.1, 0.15) is 6.92 Å². The van der Waals surface area contributed by atoms with Crippen molar-refractivity contribution in [3.63, 3.8) is 0 Å². The second-order valence-electron chi connectivity index (χ2n) is 3.86. The lowest BCUT2D eigenvalue weighted by Gasteiger charge is -2.08. The van der Waals surface area contributed by atoms with E-state index in [4.69, 9.17) is 10.5 Å². The van der Waals surface area contributed by atoms with Crippen LogP contribution in [-0.4, -0.2) is 39.9 Å². The average molecular weight is 302 g/mol. The summed E-state index contributed by atoms with van der Waals surface area (Å²) in [5.41, 5.74) is 6.11. The molecule has 0 spiro atoms. The van der Waals surface area contributed by atoms with Crippen LogP contribution in [0.3, 0.4) is 0 Å². The SMILES string of the molecule is CCOC(=O)CNS(=O)(=O)CCOc1ccc(N)cc1. The number of nitrogens with two attached hydrogens (primary N) is 1. The van der Waals surface area contributed by atoms with Crippen molar-refractivity contribution in [2.45, 2.75) is 6.92 Å². The maximum absolute atomic E-state index is 11.6. The van der Waals surface area contributed by atoms with Crippen LogP contribution in [0, 0.1) is 0 Å². The highest BCUT2D eigenvalue weighted by atomic mass is 32.2. The van der Waals surface area contributed by atoms with E-state index in [0.717, 1.165) is 0 Å². The predicted octanol–water partition coefficient (Wildman–Crippen LogP) is 0.130. The van der Waals surface area contributed by atoms with Gasteiger partial charge in [-0.25, -0.2) is 13.1 Å². The molecule has 0 radical (unpaired) electrons. The molecule has 0 saturated carbocycles. The first kappa shape index (κ1) is 16.3. The Morgan fingerprint density at radius 2 is 1.95 bits per heavy atom. The molecule has 0 atom stereocenters. The number of nitrogens with one attached hydrogen (secondary N) is 1. The van der Waals surface area contributed by atoms with E-state index < -0.39 is 16.0 Å². The lowest BCUT2D eigenvalue weighted by Crippen LogP contribution is -2.34. The quantitative estimate of drug-likeness (QED) is 0.522. The fourth-order valence-electron chi connectivity index (χ4n) is 1.29. The molecule has 8 heteroatoms. The summed E-state index contributed by atoms with van der Waals surface area (Å²) in [5, 5.41) is 0. The molecule has 3 N–H and O–H groups in total. The van der Waals surface area contributed by atoms with E-state index >= 15 is 0 Å². The smallest absolute Gasteiger partial charge is 0.320 e. The van der Waals surface area contributed by atoms with Gasteiger partial charge in [-0.05, 0) is 31.2 Å². The second kappa shape index (κ2) is 7.71. The molecule has 0 fully saturated rings. The minimum absolute atomic E-state index is 0.0257. The zero-order valence-corrected chi connectivity index (χ0v) is 12.0.